The fraction of sp³-hybridized carbons (Fsp3) is 0.118. The van der Waals surface area contributed by atoms with Crippen molar-refractivity contribution >= 4 is 40.9 Å². The first-order valence-corrected chi connectivity index (χ1v) is 7.23. The molecule has 0 aliphatic carbocycles. The molecule has 0 unspecified atom stereocenters. The van der Waals surface area contributed by atoms with E-state index < -0.39 is 0 Å². The second kappa shape index (κ2) is 6.79. The number of hydrogen-bond acceptors (Lipinski definition) is 1. The van der Waals surface area contributed by atoms with Crippen LogP contribution in [-0.2, 0) is 4.79 Å². The van der Waals surface area contributed by atoms with Crippen molar-refractivity contribution in [2.45, 2.75) is 13.8 Å². The van der Waals surface area contributed by atoms with E-state index in [1.165, 1.54) is 6.08 Å². The fourth-order valence-electron chi connectivity index (χ4n) is 1.96. The maximum Gasteiger partial charge on any atom is 0.248 e. The molecule has 0 spiro atoms. The van der Waals surface area contributed by atoms with E-state index in [4.69, 9.17) is 23.2 Å². The summed E-state index contributed by atoms with van der Waals surface area (Å²) in [5.74, 6) is -0.224. The quantitative estimate of drug-likeness (QED) is 0.768. The lowest BCUT2D eigenvalue weighted by Gasteiger charge is -2.07. The molecule has 0 bridgehead atoms. The maximum atomic E-state index is 12.0. The topological polar surface area (TPSA) is 29.1 Å². The Morgan fingerprint density at radius 3 is 2.38 bits per heavy atom. The van der Waals surface area contributed by atoms with E-state index in [9.17, 15) is 4.79 Å². The van der Waals surface area contributed by atoms with Crippen molar-refractivity contribution in [3.8, 4) is 0 Å². The van der Waals surface area contributed by atoms with Gasteiger partial charge in [0.05, 0.1) is 0 Å². The van der Waals surface area contributed by atoms with Crippen molar-refractivity contribution < 1.29 is 4.79 Å². The fourth-order valence-corrected chi connectivity index (χ4v) is 2.48. The van der Waals surface area contributed by atoms with Gasteiger partial charge in [0, 0.05) is 27.4 Å². The van der Waals surface area contributed by atoms with Crippen molar-refractivity contribution in [2.75, 3.05) is 5.32 Å². The number of benzene rings is 2. The molecule has 2 nitrogen and oxygen atoms in total. The Labute approximate surface area is 134 Å². The van der Waals surface area contributed by atoms with Crippen LogP contribution in [0.25, 0.3) is 6.08 Å². The summed E-state index contributed by atoms with van der Waals surface area (Å²) in [6.07, 6.45) is 3.04. The normalized spacial score (nSPS) is 10.9. The standard InChI is InChI=1S/C17H15Cl2NO/c1-11-6-8-16(12(2)10-11)20-17(21)9-7-13-14(18)4-3-5-15(13)19/h3-10H,1-2H3,(H,20,21). The van der Waals surface area contributed by atoms with E-state index in [1.807, 2.05) is 32.0 Å². The number of amides is 1. The molecule has 108 valence electrons. The van der Waals surface area contributed by atoms with Gasteiger partial charge in [0.15, 0.2) is 0 Å². The molecule has 1 amide bonds. The molecule has 21 heavy (non-hydrogen) atoms. The van der Waals surface area contributed by atoms with E-state index >= 15 is 0 Å². The van der Waals surface area contributed by atoms with E-state index in [0.717, 1.165) is 16.8 Å². The third-order valence-electron chi connectivity index (χ3n) is 3.04. The maximum absolute atomic E-state index is 12.0. The summed E-state index contributed by atoms with van der Waals surface area (Å²) < 4.78 is 0. The molecule has 0 saturated heterocycles. The molecular weight excluding hydrogens is 305 g/mol. The molecular formula is C17H15Cl2NO. The van der Waals surface area contributed by atoms with Crippen LogP contribution in [-0.4, -0.2) is 5.91 Å². The Kier molecular flexibility index (Phi) is 5.05. The van der Waals surface area contributed by atoms with Gasteiger partial charge >= 0.3 is 0 Å². The third-order valence-corrected chi connectivity index (χ3v) is 3.70. The van der Waals surface area contributed by atoms with Crippen LogP contribution in [0, 0.1) is 13.8 Å². The minimum atomic E-state index is -0.224. The highest BCUT2D eigenvalue weighted by Crippen LogP contribution is 2.25. The van der Waals surface area contributed by atoms with Crippen LogP contribution in [0.15, 0.2) is 42.5 Å². The number of carbonyl (C=O) groups is 1. The van der Waals surface area contributed by atoms with Gasteiger partial charge in [-0.3, -0.25) is 4.79 Å². The second-order valence-corrected chi connectivity index (χ2v) is 5.59. The van der Waals surface area contributed by atoms with Crippen LogP contribution in [0.1, 0.15) is 16.7 Å². The van der Waals surface area contributed by atoms with Gasteiger partial charge in [0.25, 0.3) is 0 Å². The predicted octanol–water partition coefficient (Wildman–Crippen LogP) is 5.26. The van der Waals surface area contributed by atoms with Crippen molar-refractivity contribution in [3.05, 3.63) is 69.2 Å². The smallest absolute Gasteiger partial charge is 0.248 e. The molecule has 0 saturated carbocycles. The third kappa shape index (κ3) is 4.10. The van der Waals surface area contributed by atoms with E-state index in [-0.39, 0.29) is 5.91 Å². The zero-order valence-electron chi connectivity index (χ0n) is 11.8. The summed E-state index contributed by atoms with van der Waals surface area (Å²) >= 11 is 12.1. The lowest BCUT2D eigenvalue weighted by molar-refractivity contribution is -0.111. The van der Waals surface area contributed by atoms with E-state index in [1.54, 1.807) is 24.3 Å². The molecule has 0 fully saturated rings. The highest BCUT2D eigenvalue weighted by Gasteiger charge is 2.04. The Morgan fingerprint density at radius 2 is 1.76 bits per heavy atom. The summed E-state index contributed by atoms with van der Waals surface area (Å²) in [6.45, 7) is 3.97. The minimum absolute atomic E-state index is 0.224. The molecule has 0 atom stereocenters. The number of halogens is 2. The summed E-state index contributed by atoms with van der Waals surface area (Å²) in [7, 11) is 0. The molecule has 4 heteroatoms. The van der Waals surface area contributed by atoms with Crippen LogP contribution in [0.5, 0.6) is 0 Å². The van der Waals surface area contributed by atoms with Gasteiger partial charge in [0.1, 0.15) is 0 Å². The average Bonchev–Trinajstić information content (AvgIpc) is 2.41. The van der Waals surface area contributed by atoms with Crippen molar-refractivity contribution in [2.24, 2.45) is 0 Å². The molecule has 2 aromatic carbocycles. The second-order valence-electron chi connectivity index (χ2n) is 4.78. The molecule has 0 aliphatic rings. The SMILES string of the molecule is Cc1ccc(NC(=O)C=Cc2c(Cl)cccc2Cl)c(C)c1. The number of rotatable bonds is 3. The lowest BCUT2D eigenvalue weighted by atomic mass is 10.1. The molecule has 2 aromatic rings. The predicted molar refractivity (Wildman–Crippen MR) is 90.0 cm³/mol. The molecule has 0 aliphatic heterocycles. The highest BCUT2D eigenvalue weighted by molar-refractivity contribution is 6.37. The average molecular weight is 320 g/mol. The van der Waals surface area contributed by atoms with Gasteiger partial charge in [-0.1, -0.05) is 47.0 Å². The van der Waals surface area contributed by atoms with Gasteiger partial charge < -0.3 is 5.32 Å². The van der Waals surface area contributed by atoms with Gasteiger partial charge in [-0.05, 0) is 43.7 Å². The number of hydrogen-bond donors (Lipinski definition) is 1. The van der Waals surface area contributed by atoms with Crippen LogP contribution in [0.2, 0.25) is 10.0 Å². The summed E-state index contributed by atoms with van der Waals surface area (Å²) in [6, 6.07) is 11.1. The zero-order chi connectivity index (χ0) is 15.4. The largest absolute Gasteiger partial charge is 0.322 e. The number of anilines is 1. The Bertz CT molecular complexity index is 688. The Balaban J connectivity index is 2.13. The number of carbonyl (C=O) groups excluding carboxylic acids is 1. The van der Waals surface area contributed by atoms with Gasteiger partial charge in [0.2, 0.25) is 5.91 Å². The summed E-state index contributed by atoms with van der Waals surface area (Å²) in [4.78, 5) is 12.0. The molecule has 0 aromatic heterocycles. The van der Waals surface area contributed by atoms with Crippen LogP contribution in [0.4, 0.5) is 5.69 Å². The summed E-state index contributed by atoms with van der Waals surface area (Å²) in [5.41, 5.74) is 3.61. The molecule has 0 radical (unpaired) electrons. The number of nitrogens with one attached hydrogen (secondary N) is 1. The van der Waals surface area contributed by atoms with Gasteiger partial charge in [-0.25, -0.2) is 0 Å². The van der Waals surface area contributed by atoms with E-state index in [2.05, 4.69) is 5.32 Å². The van der Waals surface area contributed by atoms with Crippen molar-refractivity contribution in [1.29, 1.82) is 0 Å². The van der Waals surface area contributed by atoms with E-state index in [0.29, 0.717) is 15.6 Å². The minimum Gasteiger partial charge on any atom is -0.322 e. The Morgan fingerprint density at radius 1 is 1.10 bits per heavy atom. The number of aryl methyl sites for hydroxylation is 2. The molecule has 2 rings (SSSR count). The lowest BCUT2D eigenvalue weighted by Crippen LogP contribution is -2.09. The zero-order valence-corrected chi connectivity index (χ0v) is 13.3. The highest BCUT2D eigenvalue weighted by atomic mass is 35.5. The van der Waals surface area contributed by atoms with Crippen LogP contribution in [0.3, 0.4) is 0 Å². The van der Waals surface area contributed by atoms with Gasteiger partial charge in [-0.2, -0.15) is 0 Å². The van der Waals surface area contributed by atoms with Crippen LogP contribution < -0.4 is 5.32 Å². The Hall–Kier alpha value is -1.77. The first kappa shape index (κ1) is 15.6. The summed E-state index contributed by atoms with van der Waals surface area (Å²) in [5, 5.41) is 3.86. The van der Waals surface area contributed by atoms with Gasteiger partial charge in [-0.15, -0.1) is 0 Å². The first-order chi connectivity index (χ1) is 9.97. The monoisotopic (exact) mass is 319 g/mol. The first-order valence-electron chi connectivity index (χ1n) is 6.47. The van der Waals surface area contributed by atoms with Crippen molar-refractivity contribution in [1.82, 2.24) is 0 Å². The molecule has 0 heterocycles. The molecule has 1 N–H and O–H groups in total. The van der Waals surface area contributed by atoms with Crippen molar-refractivity contribution in [3.63, 3.8) is 0 Å². The van der Waals surface area contributed by atoms with Crippen LogP contribution >= 0.6 is 23.2 Å².